The molecule has 3 aromatic heterocycles. The number of fused-ring (bicyclic) bond motifs is 1. The lowest BCUT2D eigenvalue weighted by molar-refractivity contribution is -0.0250. The van der Waals surface area contributed by atoms with Gasteiger partial charge in [0.15, 0.2) is 0 Å². The van der Waals surface area contributed by atoms with Gasteiger partial charge in [0.05, 0.1) is 6.10 Å². The second-order valence-corrected chi connectivity index (χ2v) is 8.78. The molecule has 2 fully saturated rings. The van der Waals surface area contributed by atoms with E-state index in [-0.39, 0.29) is 11.5 Å². The molecule has 5 rings (SSSR count). The molecule has 0 aromatic carbocycles. The summed E-state index contributed by atoms with van der Waals surface area (Å²) in [6.45, 7) is 4.62. The van der Waals surface area contributed by atoms with E-state index in [1.807, 2.05) is 18.5 Å². The number of aromatic amines is 1. The zero-order valence-electron chi connectivity index (χ0n) is 15.2. The number of piperidine rings is 2. The van der Waals surface area contributed by atoms with Crippen LogP contribution in [-0.2, 0) is 6.54 Å². The number of likely N-dealkylation sites (tertiary alicyclic amines) is 1. The van der Waals surface area contributed by atoms with Crippen LogP contribution in [0.3, 0.4) is 0 Å². The van der Waals surface area contributed by atoms with E-state index in [0.717, 1.165) is 62.6 Å². The van der Waals surface area contributed by atoms with E-state index < -0.39 is 0 Å². The SMILES string of the molecule is OC1CN(Cc2c[nH]c3ccncc23)CC2(CCN(c3nncs3)CC2)C1. The summed E-state index contributed by atoms with van der Waals surface area (Å²) >= 11 is 1.60. The second-order valence-electron chi connectivity index (χ2n) is 7.97. The maximum atomic E-state index is 10.6. The number of aromatic nitrogens is 4. The lowest BCUT2D eigenvalue weighted by atomic mass is 9.71. The summed E-state index contributed by atoms with van der Waals surface area (Å²) in [5, 5.41) is 21.0. The van der Waals surface area contributed by atoms with E-state index in [0.29, 0.717) is 0 Å². The van der Waals surface area contributed by atoms with E-state index in [9.17, 15) is 5.11 Å². The zero-order chi connectivity index (χ0) is 18.3. The van der Waals surface area contributed by atoms with Crippen molar-refractivity contribution in [3.63, 3.8) is 0 Å². The van der Waals surface area contributed by atoms with Gasteiger partial charge in [0.25, 0.3) is 0 Å². The molecule has 0 radical (unpaired) electrons. The fourth-order valence-corrected chi connectivity index (χ4v) is 5.43. The van der Waals surface area contributed by atoms with Crippen molar-refractivity contribution in [3.8, 4) is 0 Å². The Bertz CT molecular complexity index is 902. The van der Waals surface area contributed by atoms with Gasteiger partial charge in [0, 0.05) is 62.2 Å². The molecule has 0 aliphatic carbocycles. The van der Waals surface area contributed by atoms with Gasteiger partial charge in [0.2, 0.25) is 5.13 Å². The average Bonchev–Trinajstić information content (AvgIpc) is 3.33. The van der Waals surface area contributed by atoms with E-state index in [1.165, 1.54) is 10.9 Å². The Morgan fingerprint density at radius 2 is 2.22 bits per heavy atom. The molecule has 0 bridgehead atoms. The molecule has 0 saturated carbocycles. The molecule has 0 amide bonds. The third-order valence-electron chi connectivity index (χ3n) is 6.10. The number of aliphatic hydroxyl groups is 1. The summed E-state index contributed by atoms with van der Waals surface area (Å²) in [6, 6.07) is 2.01. The van der Waals surface area contributed by atoms with Crippen LogP contribution in [0, 0.1) is 5.41 Å². The highest BCUT2D eigenvalue weighted by atomic mass is 32.1. The molecule has 2 aliphatic rings. The Hall–Kier alpha value is -2.03. The minimum atomic E-state index is -0.254. The Balaban J connectivity index is 1.30. The molecule has 7 nitrogen and oxygen atoms in total. The fraction of sp³-hybridized carbons (Fsp3) is 0.526. The number of hydrogen-bond acceptors (Lipinski definition) is 7. The van der Waals surface area contributed by atoms with Gasteiger partial charge in [-0.3, -0.25) is 9.88 Å². The van der Waals surface area contributed by atoms with Gasteiger partial charge < -0.3 is 15.0 Å². The standard InChI is InChI=1S/C19H24N6OS/c26-15-7-19(2-5-25(6-3-19)18-23-22-13-27-18)12-24(11-15)10-14-8-21-17-1-4-20-9-16(14)17/h1,4,8-9,13,15,21,26H,2-3,5-7,10-12H2. The lowest BCUT2D eigenvalue weighted by Crippen LogP contribution is -2.53. The van der Waals surface area contributed by atoms with Crippen LogP contribution in [0.2, 0.25) is 0 Å². The number of β-amino-alcohol motifs (C(OH)–C–C–N with tert-alkyl or cyclic N) is 1. The zero-order valence-corrected chi connectivity index (χ0v) is 16.0. The van der Waals surface area contributed by atoms with Crippen LogP contribution in [0.25, 0.3) is 10.9 Å². The van der Waals surface area contributed by atoms with Crippen molar-refractivity contribution >= 4 is 27.4 Å². The van der Waals surface area contributed by atoms with Gasteiger partial charge in [-0.05, 0) is 36.3 Å². The van der Waals surface area contributed by atoms with Crippen molar-refractivity contribution in [2.45, 2.75) is 31.9 Å². The van der Waals surface area contributed by atoms with E-state index in [4.69, 9.17) is 0 Å². The molecular formula is C19H24N6OS. The van der Waals surface area contributed by atoms with Crippen LogP contribution in [0.15, 0.2) is 30.2 Å². The van der Waals surface area contributed by atoms with Crippen molar-refractivity contribution in [2.75, 3.05) is 31.1 Å². The summed E-state index contributed by atoms with van der Waals surface area (Å²) in [5.74, 6) is 0. The van der Waals surface area contributed by atoms with Gasteiger partial charge in [-0.1, -0.05) is 11.3 Å². The topological polar surface area (TPSA) is 81.2 Å². The second kappa shape index (κ2) is 6.85. The summed E-state index contributed by atoms with van der Waals surface area (Å²) in [5.41, 5.74) is 4.37. The number of anilines is 1. The van der Waals surface area contributed by atoms with Crippen molar-refractivity contribution in [1.82, 2.24) is 25.1 Å². The first-order valence-electron chi connectivity index (χ1n) is 9.52. The molecule has 1 spiro atoms. The molecule has 3 aromatic rings. The molecule has 2 aliphatic heterocycles. The first kappa shape index (κ1) is 17.1. The van der Waals surface area contributed by atoms with Crippen LogP contribution in [0.1, 0.15) is 24.8 Å². The van der Waals surface area contributed by atoms with Crippen molar-refractivity contribution < 1.29 is 5.11 Å². The van der Waals surface area contributed by atoms with Gasteiger partial charge in [0.1, 0.15) is 5.51 Å². The van der Waals surface area contributed by atoms with E-state index in [2.05, 4.69) is 36.2 Å². The molecule has 1 atom stereocenters. The summed E-state index contributed by atoms with van der Waals surface area (Å²) in [4.78, 5) is 12.4. The number of hydrogen-bond donors (Lipinski definition) is 2. The first-order chi connectivity index (χ1) is 13.2. The molecular weight excluding hydrogens is 360 g/mol. The Morgan fingerprint density at radius 1 is 1.33 bits per heavy atom. The smallest absolute Gasteiger partial charge is 0.208 e. The van der Waals surface area contributed by atoms with Crippen LogP contribution in [0.4, 0.5) is 5.13 Å². The largest absolute Gasteiger partial charge is 0.392 e. The van der Waals surface area contributed by atoms with Gasteiger partial charge in [-0.2, -0.15) is 0 Å². The molecule has 2 N–H and O–H groups in total. The normalized spacial score (nSPS) is 23.3. The van der Waals surface area contributed by atoms with Crippen molar-refractivity contribution in [2.24, 2.45) is 5.41 Å². The molecule has 2 saturated heterocycles. The fourth-order valence-electron chi connectivity index (χ4n) is 4.82. The van der Waals surface area contributed by atoms with Gasteiger partial charge in [-0.25, -0.2) is 0 Å². The molecule has 8 heteroatoms. The quantitative estimate of drug-likeness (QED) is 0.721. The number of aliphatic hydroxyl groups excluding tert-OH is 1. The van der Waals surface area contributed by atoms with Crippen molar-refractivity contribution in [3.05, 3.63) is 35.7 Å². The number of nitrogens with one attached hydrogen (secondary N) is 1. The van der Waals surface area contributed by atoms with Crippen molar-refractivity contribution in [1.29, 1.82) is 0 Å². The van der Waals surface area contributed by atoms with E-state index in [1.54, 1.807) is 16.8 Å². The summed E-state index contributed by atoms with van der Waals surface area (Å²) < 4.78 is 0. The van der Waals surface area contributed by atoms with Gasteiger partial charge in [-0.15, -0.1) is 10.2 Å². The first-order valence-corrected chi connectivity index (χ1v) is 10.4. The molecule has 27 heavy (non-hydrogen) atoms. The number of nitrogens with zero attached hydrogens (tertiary/aromatic N) is 5. The monoisotopic (exact) mass is 384 g/mol. The van der Waals surface area contributed by atoms with Crippen LogP contribution in [-0.4, -0.2) is 62.5 Å². The Kier molecular flexibility index (Phi) is 4.34. The minimum Gasteiger partial charge on any atom is -0.392 e. The number of rotatable bonds is 3. The maximum absolute atomic E-state index is 10.6. The Labute approximate surface area is 162 Å². The highest BCUT2D eigenvalue weighted by Gasteiger charge is 2.41. The predicted octanol–water partition coefficient (Wildman–Crippen LogP) is 2.27. The third-order valence-corrected chi connectivity index (χ3v) is 6.85. The predicted molar refractivity (Wildman–Crippen MR) is 106 cm³/mol. The molecule has 5 heterocycles. The third kappa shape index (κ3) is 3.33. The Morgan fingerprint density at radius 3 is 3.04 bits per heavy atom. The highest BCUT2D eigenvalue weighted by Crippen LogP contribution is 2.41. The number of pyridine rings is 1. The van der Waals surface area contributed by atoms with E-state index >= 15 is 0 Å². The average molecular weight is 385 g/mol. The molecule has 1 unspecified atom stereocenters. The van der Waals surface area contributed by atoms with Gasteiger partial charge >= 0.3 is 0 Å². The summed E-state index contributed by atoms with van der Waals surface area (Å²) in [6.07, 6.45) is 8.66. The van der Waals surface area contributed by atoms with Crippen LogP contribution < -0.4 is 4.90 Å². The lowest BCUT2D eigenvalue weighted by Gasteiger charge is -2.49. The number of H-pyrrole nitrogens is 1. The maximum Gasteiger partial charge on any atom is 0.208 e. The van der Waals surface area contributed by atoms with Crippen LogP contribution >= 0.6 is 11.3 Å². The summed E-state index contributed by atoms with van der Waals surface area (Å²) in [7, 11) is 0. The minimum absolute atomic E-state index is 0.198. The molecule has 142 valence electrons. The van der Waals surface area contributed by atoms with Crippen LogP contribution in [0.5, 0.6) is 0 Å². The highest BCUT2D eigenvalue weighted by molar-refractivity contribution is 7.13.